The Labute approximate surface area is 100 Å². The number of pyridine rings is 1. The number of nitrogens with zero attached hydrogens (tertiary/aromatic N) is 1. The highest BCUT2D eigenvalue weighted by Crippen LogP contribution is 2.31. The molecule has 1 aromatic carbocycles. The van der Waals surface area contributed by atoms with Gasteiger partial charge in [0, 0.05) is 11.6 Å². The average Bonchev–Trinajstić information content (AvgIpc) is 3.13. The number of ether oxygens (including phenoxy) is 2. The lowest BCUT2D eigenvalue weighted by molar-refractivity contribution is 0.303. The number of rotatable bonds is 4. The second-order valence-electron chi connectivity index (χ2n) is 4.25. The van der Waals surface area contributed by atoms with Crippen LogP contribution >= 0.6 is 0 Å². The minimum absolute atomic E-state index is 0.431. The molecule has 1 heterocycles. The first kappa shape index (κ1) is 10.4. The third-order valence-electron chi connectivity index (χ3n) is 2.81. The van der Waals surface area contributed by atoms with Crippen LogP contribution in [0.5, 0.6) is 11.6 Å². The van der Waals surface area contributed by atoms with Gasteiger partial charge >= 0.3 is 0 Å². The Morgan fingerprint density at radius 2 is 2.18 bits per heavy atom. The minimum atomic E-state index is 0.431. The summed E-state index contributed by atoms with van der Waals surface area (Å²) in [6, 6.07) is 8.05. The predicted molar refractivity (Wildman–Crippen MR) is 66.6 cm³/mol. The highest BCUT2D eigenvalue weighted by atomic mass is 16.5. The molecule has 0 amide bonds. The summed E-state index contributed by atoms with van der Waals surface area (Å²) in [5, 5.41) is 2.15. The van der Waals surface area contributed by atoms with Crippen LogP contribution in [-0.2, 0) is 0 Å². The number of hydrogen-bond donors (Lipinski definition) is 0. The molecule has 0 unspecified atom stereocenters. The fourth-order valence-corrected chi connectivity index (χ4v) is 1.83. The molecular weight excluding hydrogens is 214 g/mol. The zero-order valence-corrected chi connectivity index (χ0v) is 9.85. The maximum atomic E-state index is 5.77. The number of aromatic nitrogens is 1. The van der Waals surface area contributed by atoms with E-state index in [4.69, 9.17) is 9.47 Å². The maximum Gasteiger partial charge on any atom is 0.221 e. The summed E-state index contributed by atoms with van der Waals surface area (Å²) in [5.41, 5.74) is 0. The quantitative estimate of drug-likeness (QED) is 0.807. The van der Waals surface area contributed by atoms with Gasteiger partial charge in [0.1, 0.15) is 5.75 Å². The second kappa shape index (κ2) is 4.24. The molecule has 1 aromatic heterocycles. The van der Waals surface area contributed by atoms with Crippen molar-refractivity contribution in [1.82, 2.24) is 4.98 Å². The molecule has 0 N–H and O–H groups in total. The van der Waals surface area contributed by atoms with Crippen molar-refractivity contribution in [3.8, 4) is 11.6 Å². The summed E-state index contributed by atoms with van der Waals surface area (Å²) >= 11 is 0. The lowest BCUT2D eigenvalue weighted by Gasteiger charge is -2.08. The minimum Gasteiger partial charge on any atom is -0.490 e. The summed E-state index contributed by atoms with van der Waals surface area (Å²) in [6.45, 7) is 2.59. The van der Waals surface area contributed by atoms with E-state index in [9.17, 15) is 0 Å². The summed E-state index contributed by atoms with van der Waals surface area (Å²) < 4.78 is 11.3. The standard InChI is InChI=1S/C14H15NO2/c1-2-16-14-13-6-5-12(17-11-3-4-11)9-10(13)7-8-15-14/h5-9,11H,2-4H2,1H3. The second-order valence-corrected chi connectivity index (χ2v) is 4.25. The van der Waals surface area contributed by atoms with Crippen molar-refractivity contribution in [2.45, 2.75) is 25.9 Å². The fraction of sp³-hybridized carbons (Fsp3) is 0.357. The van der Waals surface area contributed by atoms with E-state index in [-0.39, 0.29) is 0 Å². The van der Waals surface area contributed by atoms with Gasteiger partial charge in [-0.15, -0.1) is 0 Å². The van der Waals surface area contributed by atoms with Crippen molar-refractivity contribution >= 4 is 10.8 Å². The van der Waals surface area contributed by atoms with Gasteiger partial charge in [-0.05, 0) is 49.4 Å². The Morgan fingerprint density at radius 3 is 2.94 bits per heavy atom. The van der Waals surface area contributed by atoms with Crippen molar-refractivity contribution in [3.05, 3.63) is 30.5 Å². The Hall–Kier alpha value is -1.77. The zero-order valence-electron chi connectivity index (χ0n) is 9.85. The fourth-order valence-electron chi connectivity index (χ4n) is 1.83. The lowest BCUT2D eigenvalue weighted by atomic mass is 10.1. The molecule has 1 aliphatic rings. The Kier molecular flexibility index (Phi) is 2.59. The van der Waals surface area contributed by atoms with E-state index in [0.29, 0.717) is 18.6 Å². The molecule has 0 atom stereocenters. The molecule has 3 rings (SSSR count). The van der Waals surface area contributed by atoms with Gasteiger partial charge in [0.2, 0.25) is 5.88 Å². The van der Waals surface area contributed by atoms with Crippen LogP contribution in [0.3, 0.4) is 0 Å². The largest absolute Gasteiger partial charge is 0.490 e. The van der Waals surface area contributed by atoms with E-state index < -0.39 is 0 Å². The van der Waals surface area contributed by atoms with Gasteiger partial charge in [-0.25, -0.2) is 4.98 Å². The molecule has 0 bridgehead atoms. The molecule has 0 aliphatic heterocycles. The normalized spacial score (nSPS) is 14.9. The SMILES string of the molecule is CCOc1nccc2cc(OC3CC3)ccc12. The Balaban J connectivity index is 1.98. The summed E-state index contributed by atoms with van der Waals surface area (Å²) in [4.78, 5) is 4.24. The molecule has 2 aromatic rings. The highest BCUT2D eigenvalue weighted by molar-refractivity contribution is 5.87. The molecule has 1 fully saturated rings. The zero-order chi connectivity index (χ0) is 11.7. The smallest absolute Gasteiger partial charge is 0.221 e. The molecule has 1 aliphatic carbocycles. The number of fused-ring (bicyclic) bond motifs is 1. The molecule has 0 radical (unpaired) electrons. The van der Waals surface area contributed by atoms with E-state index >= 15 is 0 Å². The Morgan fingerprint density at radius 1 is 1.29 bits per heavy atom. The third kappa shape index (κ3) is 2.18. The van der Waals surface area contributed by atoms with Gasteiger partial charge in [0.25, 0.3) is 0 Å². The van der Waals surface area contributed by atoms with Crippen LogP contribution in [0.25, 0.3) is 10.8 Å². The summed E-state index contributed by atoms with van der Waals surface area (Å²) in [5.74, 6) is 1.64. The van der Waals surface area contributed by atoms with Crippen molar-refractivity contribution in [2.24, 2.45) is 0 Å². The molecule has 17 heavy (non-hydrogen) atoms. The first-order valence-corrected chi connectivity index (χ1v) is 6.05. The van der Waals surface area contributed by atoms with Crippen LogP contribution in [0.1, 0.15) is 19.8 Å². The molecule has 0 saturated heterocycles. The van der Waals surface area contributed by atoms with Crippen molar-refractivity contribution in [1.29, 1.82) is 0 Å². The molecule has 88 valence electrons. The van der Waals surface area contributed by atoms with Crippen LogP contribution in [0.2, 0.25) is 0 Å². The van der Waals surface area contributed by atoms with E-state index in [1.54, 1.807) is 6.20 Å². The highest BCUT2D eigenvalue weighted by Gasteiger charge is 2.23. The summed E-state index contributed by atoms with van der Waals surface area (Å²) in [7, 11) is 0. The topological polar surface area (TPSA) is 31.4 Å². The number of benzene rings is 1. The van der Waals surface area contributed by atoms with Crippen molar-refractivity contribution < 1.29 is 9.47 Å². The van der Waals surface area contributed by atoms with Crippen LogP contribution in [0, 0.1) is 0 Å². The van der Waals surface area contributed by atoms with Gasteiger partial charge in [0.15, 0.2) is 0 Å². The van der Waals surface area contributed by atoms with Gasteiger partial charge in [0.05, 0.1) is 12.7 Å². The average molecular weight is 229 g/mol. The van der Waals surface area contributed by atoms with E-state index in [2.05, 4.69) is 11.1 Å². The number of hydrogen-bond acceptors (Lipinski definition) is 3. The first-order chi connectivity index (χ1) is 8.36. The lowest BCUT2D eigenvalue weighted by Crippen LogP contribution is -1.97. The first-order valence-electron chi connectivity index (χ1n) is 6.05. The molecular formula is C14H15NO2. The molecule has 0 spiro atoms. The van der Waals surface area contributed by atoms with Crippen LogP contribution < -0.4 is 9.47 Å². The third-order valence-corrected chi connectivity index (χ3v) is 2.81. The van der Waals surface area contributed by atoms with Gasteiger partial charge in [-0.3, -0.25) is 0 Å². The van der Waals surface area contributed by atoms with E-state index in [0.717, 1.165) is 16.5 Å². The van der Waals surface area contributed by atoms with Gasteiger partial charge in [-0.1, -0.05) is 0 Å². The van der Waals surface area contributed by atoms with Gasteiger partial charge < -0.3 is 9.47 Å². The molecule has 3 heteroatoms. The monoisotopic (exact) mass is 229 g/mol. The van der Waals surface area contributed by atoms with E-state index in [1.165, 1.54) is 12.8 Å². The van der Waals surface area contributed by atoms with Crippen LogP contribution in [0.15, 0.2) is 30.5 Å². The van der Waals surface area contributed by atoms with Crippen molar-refractivity contribution in [3.63, 3.8) is 0 Å². The molecule has 3 nitrogen and oxygen atoms in total. The van der Waals surface area contributed by atoms with E-state index in [1.807, 2.05) is 25.1 Å². The van der Waals surface area contributed by atoms with Crippen LogP contribution in [0.4, 0.5) is 0 Å². The van der Waals surface area contributed by atoms with Crippen LogP contribution in [-0.4, -0.2) is 17.7 Å². The Bertz CT molecular complexity index is 535. The summed E-state index contributed by atoms with van der Waals surface area (Å²) in [6.07, 6.45) is 4.56. The molecule has 1 saturated carbocycles. The van der Waals surface area contributed by atoms with Gasteiger partial charge in [-0.2, -0.15) is 0 Å². The van der Waals surface area contributed by atoms with Crippen molar-refractivity contribution in [2.75, 3.05) is 6.61 Å². The maximum absolute atomic E-state index is 5.77. The predicted octanol–water partition coefficient (Wildman–Crippen LogP) is 3.17.